The molecule has 3 heterocycles. The molecule has 27 heavy (non-hydrogen) atoms. The lowest BCUT2D eigenvalue weighted by atomic mass is 9.91. The molecule has 0 radical (unpaired) electrons. The Labute approximate surface area is 162 Å². The van der Waals surface area contributed by atoms with Crippen molar-refractivity contribution in [2.45, 2.75) is 64.6 Å². The molecule has 2 spiro atoms. The molecule has 2 saturated carbocycles. The number of amides is 1. The topological polar surface area (TPSA) is 62.2 Å². The van der Waals surface area contributed by atoms with Gasteiger partial charge in [0, 0.05) is 30.9 Å². The minimum atomic E-state index is 0.254. The lowest BCUT2D eigenvalue weighted by Gasteiger charge is -2.31. The molecule has 2 aliphatic carbocycles. The van der Waals surface area contributed by atoms with E-state index in [0.717, 1.165) is 45.0 Å². The standard InChI is InChI=1S/C21H33N5O/c1-2-25-12-11-24-18(25)15-26(17-14-21(17)5-9-23-10-6-21)19(27)16-13-20(16)3-7-22-8-4-20/h11-12,16-17,22-23H,2-10,13-15H2,1H3/t16-,17-/m0/s1. The van der Waals surface area contributed by atoms with Gasteiger partial charge in [0.05, 0.1) is 6.54 Å². The van der Waals surface area contributed by atoms with E-state index in [1.165, 1.54) is 32.1 Å². The van der Waals surface area contributed by atoms with Gasteiger partial charge in [0.25, 0.3) is 0 Å². The summed E-state index contributed by atoms with van der Waals surface area (Å²) < 4.78 is 2.19. The van der Waals surface area contributed by atoms with Crippen LogP contribution < -0.4 is 10.6 Å². The Morgan fingerprint density at radius 3 is 2.48 bits per heavy atom. The van der Waals surface area contributed by atoms with Gasteiger partial charge in [-0.05, 0) is 82.5 Å². The number of hydrogen-bond donors (Lipinski definition) is 2. The Balaban J connectivity index is 1.36. The summed E-state index contributed by atoms with van der Waals surface area (Å²) in [5.41, 5.74) is 0.678. The summed E-state index contributed by atoms with van der Waals surface area (Å²) in [7, 11) is 0. The van der Waals surface area contributed by atoms with Crippen molar-refractivity contribution in [1.29, 1.82) is 0 Å². The van der Waals surface area contributed by atoms with Crippen LogP contribution in [0.15, 0.2) is 12.4 Å². The highest BCUT2D eigenvalue weighted by Crippen LogP contribution is 2.62. The highest BCUT2D eigenvalue weighted by molar-refractivity contribution is 5.83. The maximum absolute atomic E-state index is 13.7. The maximum Gasteiger partial charge on any atom is 0.226 e. The summed E-state index contributed by atoms with van der Waals surface area (Å²) in [5, 5.41) is 6.94. The molecule has 1 aromatic heterocycles. The van der Waals surface area contributed by atoms with Crippen molar-refractivity contribution in [3.8, 4) is 0 Å². The Hall–Kier alpha value is -1.40. The molecular formula is C21H33N5O. The number of imidazole rings is 1. The first kappa shape index (κ1) is 17.7. The van der Waals surface area contributed by atoms with E-state index in [-0.39, 0.29) is 5.92 Å². The highest BCUT2D eigenvalue weighted by atomic mass is 16.2. The summed E-state index contributed by atoms with van der Waals surface area (Å²) >= 11 is 0. The van der Waals surface area contributed by atoms with Gasteiger partial charge in [0.15, 0.2) is 0 Å². The number of nitrogens with zero attached hydrogens (tertiary/aromatic N) is 3. The molecule has 148 valence electrons. The van der Waals surface area contributed by atoms with Gasteiger partial charge in [0.1, 0.15) is 5.82 Å². The van der Waals surface area contributed by atoms with Crippen molar-refractivity contribution < 1.29 is 4.79 Å². The molecule has 2 aliphatic heterocycles. The van der Waals surface area contributed by atoms with Gasteiger partial charge >= 0.3 is 0 Å². The van der Waals surface area contributed by atoms with E-state index in [9.17, 15) is 4.79 Å². The van der Waals surface area contributed by atoms with E-state index in [2.05, 4.69) is 32.0 Å². The molecule has 0 aromatic carbocycles. The summed E-state index contributed by atoms with van der Waals surface area (Å²) in [6.07, 6.45) is 11.0. The lowest BCUT2D eigenvalue weighted by Crippen LogP contribution is -2.41. The van der Waals surface area contributed by atoms with Crippen LogP contribution in [0.1, 0.15) is 51.3 Å². The number of aromatic nitrogens is 2. The number of aryl methyl sites for hydroxylation is 1. The first-order valence-electron chi connectivity index (χ1n) is 10.9. The molecule has 1 amide bonds. The van der Waals surface area contributed by atoms with E-state index in [4.69, 9.17) is 0 Å². The molecule has 1 aromatic rings. The molecule has 2 saturated heterocycles. The zero-order valence-electron chi connectivity index (χ0n) is 16.5. The smallest absolute Gasteiger partial charge is 0.226 e. The number of carbonyl (C=O) groups excluding carboxylic acids is 1. The van der Waals surface area contributed by atoms with Crippen LogP contribution in [-0.4, -0.2) is 52.6 Å². The fraction of sp³-hybridized carbons (Fsp3) is 0.810. The SMILES string of the molecule is CCn1ccnc1CN(C(=O)[C@@H]1CC12CCNCC2)[C@H]1CC12CCNCC2. The van der Waals surface area contributed by atoms with Crippen LogP contribution in [0.3, 0.4) is 0 Å². The molecule has 4 fully saturated rings. The number of carbonyl (C=O) groups is 1. The van der Waals surface area contributed by atoms with Crippen molar-refractivity contribution >= 4 is 5.91 Å². The van der Waals surface area contributed by atoms with Gasteiger partial charge in [-0.1, -0.05) is 0 Å². The minimum Gasteiger partial charge on any atom is -0.334 e. The molecule has 5 rings (SSSR count). The van der Waals surface area contributed by atoms with Crippen LogP contribution in [0, 0.1) is 16.7 Å². The maximum atomic E-state index is 13.7. The van der Waals surface area contributed by atoms with E-state index < -0.39 is 0 Å². The van der Waals surface area contributed by atoms with Crippen molar-refractivity contribution in [2.24, 2.45) is 16.7 Å². The third-order valence-electron chi connectivity index (χ3n) is 7.95. The molecule has 2 N–H and O–H groups in total. The monoisotopic (exact) mass is 371 g/mol. The minimum absolute atomic E-state index is 0.254. The largest absolute Gasteiger partial charge is 0.334 e. The van der Waals surface area contributed by atoms with Gasteiger partial charge in [-0.3, -0.25) is 4.79 Å². The first-order valence-corrected chi connectivity index (χ1v) is 10.9. The van der Waals surface area contributed by atoms with Crippen LogP contribution in [0.5, 0.6) is 0 Å². The van der Waals surface area contributed by atoms with Crippen molar-refractivity contribution in [2.75, 3.05) is 26.2 Å². The first-order chi connectivity index (χ1) is 13.2. The average Bonchev–Trinajstić information content (AvgIpc) is 3.51. The summed E-state index contributed by atoms with van der Waals surface area (Å²) in [6, 6.07) is 0.425. The van der Waals surface area contributed by atoms with Crippen molar-refractivity contribution in [3.63, 3.8) is 0 Å². The van der Waals surface area contributed by atoms with E-state index in [0.29, 0.717) is 29.3 Å². The van der Waals surface area contributed by atoms with Gasteiger partial charge in [-0.25, -0.2) is 4.98 Å². The Morgan fingerprint density at radius 2 is 1.81 bits per heavy atom. The molecular weight excluding hydrogens is 338 g/mol. The zero-order chi connectivity index (χ0) is 18.5. The van der Waals surface area contributed by atoms with Crippen LogP contribution in [0.4, 0.5) is 0 Å². The summed E-state index contributed by atoms with van der Waals surface area (Å²) in [5.74, 6) is 1.72. The fourth-order valence-corrected chi connectivity index (χ4v) is 5.88. The average molecular weight is 372 g/mol. The Kier molecular flexibility index (Phi) is 4.32. The summed E-state index contributed by atoms with van der Waals surface area (Å²) in [6.45, 7) is 8.09. The predicted octanol–water partition coefficient (Wildman–Crippen LogP) is 1.76. The second kappa shape index (κ2) is 6.59. The van der Waals surface area contributed by atoms with Gasteiger partial charge in [-0.15, -0.1) is 0 Å². The molecule has 0 unspecified atom stereocenters. The third kappa shape index (κ3) is 3.01. The number of piperidine rings is 2. The van der Waals surface area contributed by atoms with E-state index in [1.807, 2.05) is 12.4 Å². The van der Waals surface area contributed by atoms with Gasteiger partial charge in [-0.2, -0.15) is 0 Å². The Morgan fingerprint density at radius 1 is 1.15 bits per heavy atom. The fourth-order valence-electron chi connectivity index (χ4n) is 5.88. The molecule has 4 aliphatic rings. The second-order valence-corrected chi connectivity index (χ2v) is 9.30. The van der Waals surface area contributed by atoms with Crippen LogP contribution in [-0.2, 0) is 17.9 Å². The molecule has 6 heteroatoms. The molecule has 6 nitrogen and oxygen atoms in total. The summed E-state index contributed by atoms with van der Waals surface area (Å²) in [4.78, 5) is 20.5. The van der Waals surface area contributed by atoms with E-state index >= 15 is 0 Å². The van der Waals surface area contributed by atoms with Gasteiger partial charge in [0.2, 0.25) is 5.91 Å². The van der Waals surface area contributed by atoms with E-state index in [1.54, 1.807) is 0 Å². The van der Waals surface area contributed by atoms with Crippen molar-refractivity contribution in [1.82, 2.24) is 25.1 Å². The third-order valence-corrected chi connectivity index (χ3v) is 7.95. The number of rotatable bonds is 5. The van der Waals surface area contributed by atoms with Crippen LogP contribution in [0.2, 0.25) is 0 Å². The van der Waals surface area contributed by atoms with Crippen molar-refractivity contribution in [3.05, 3.63) is 18.2 Å². The van der Waals surface area contributed by atoms with Crippen LogP contribution >= 0.6 is 0 Å². The number of nitrogens with one attached hydrogen (secondary N) is 2. The molecule has 2 atom stereocenters. The predicted molar refractivity (Wildman–Crippen MR) is 104 cm³/mol. The quantitative estimate of drug-likeness (QED) is 0.828. The lowest BCUT2D eigenvalue weighted by molar-refractivity contribution is -0.135. The normalized spacial score (nSPS) is 30.4. The molecule has 0 bridgehead atoms. The van der Waals surface area contributed by atoms with Gasteiger partial charge < -0.3 is 20.1 Å². The highest BCUT2D eigenvalue weighted by Gasteiger charge is 2.63. The number of hydrogen-bond acceptors (Lipinski definition) is 4. The zero-order valence-corrected chi connectivity index (χ0v) is 16.5. The Bertz CT molecular complexity index is 701. The van der Waals surface area contributed by atoms with Crippen LogP contribution in [0.25, 0.3) is 0 Å². The second-order valence-electron chi connectivity index (χ2n) is 9.30.